The Kier molecular flexibility index (Phi) is 4.18. The second-order valence-electron chi connectivity index (χ2n) is 8.13. The summed E-state index contributed by atoms with van der Waals surface area (Å²) >= 11 is 0. The van der Waals surface area contributed by atoms with Crippen LogP contribution in [0.2, 0.25) is 0 Å². The first kappa shape index (κ1) is 17.4. The molecule has 2 aliphatic carbocycles. The molecule has 5 rings (SSSR count). The molecule has 146 valence electrons. The Labute approximate surface area is 164 Å². The number of allylic oxidation sites excluding steroid dienone is 2. The zero-order valence-corrected chi connectivity index (χ0v) is 15.7. The third kappa shape index (κ3) is 2.72. The van der Waals surface area contributed by atoms with Crippen LogP contribution in [0.25, 0.3) is 0 Å². The van der Waals surface area contributed by atoms with E-state index in [4.69, 9.17) is 0 Å². The molecule has 7 nitrogen and oxygen atoms in total. The maximum absolute atomic E-state index is 12.7. The molecule has 0 N–H and O–H groups in total. The number of carbonyl (C=O) groups is 3. The number of pyridine rings is 1. The molecule has 0 unspecified atom stereocenters. The molecule has 3 heterocycles. The van der Waals surface area contributed by atoms with Crippen molar-refractivity contribution in [2.45, 2.75) is 12.8 Å². The highest BCUT2D eigenvalue weighted by Crippen LogP contribution is 2.52. The number of likely N-dealkylation sites (tertiary alicyclic amines) is 1. The summed E-state index contributed by atoms with van der Waals surface area (Å²) in [5, 5.41) is 0. The fourth-order valence-electron chi connectivity index (χ4n) is 5.28. The van der Waals surface area contributed by atoms with Crippen molar-refractivity contribution in [3.05, 3.63) is 36.5 Å². The number of aromatic nitrogens is 1. The molecule has 1 aromatic rings. The van der Waals surface area contributed by atoms with Crippen LogP contribution in [0.5, 0.6) is 0 Å². The van der Waals surface area contributed by atoms with Crippen molar-refractivity contribution in [3.63, 3.8) is 0 Å². The average molecular weight is 380 g/mol. The number of amides is 3. The first-order valence-corrected chi connectivity index (χ1v) is 10.1. The molecule has 1 saturated carbocycles. The molecule has 7 heteroatoms. The molecule has 2 saturated heterocycles. The fourth-order valence-corrected chi connectivity index (χ4v) is 5.28. The van der Waals surface area contributed by atoms with Gasteiger partial charge in [-0.3, -0.25) is 19.3 Å². The molecule has 0 radical (unpaired) electrons. The zero-order valence-electron chi connectivity index (χ0n) is 15.7. The van der Waals surface area contributed by atoms with E-state index >= 15 is 0 Å². The van der Waals surface area contributed by atoms with Crippen molar-refractivity contribution < 1.29 is 14.4 Å². The predicted octanol–water partition coefficient (Wildman–Crippen LogP) is 0.927. The first-order chi connectivity index (χ1) is 13.6. The molecule has 3 amide bonds. The number of nitrogens with zero attached hydrogens (tertiary/aromatic N) is 4. The maximum atomic E-state index is 12.7. The lowest BCUT2D eigenvalue weighted by atomic mass is 9.85. The van der Waals surface area contributed by atoms with Crippen LogP contribution in [0.3, 0.4) is 0 Å². The van der Waals surface area contributed by atoms with Gasteiger partial charge >= 0.3 is 0 Å². The van der Waals surface area contributed by atoms with E-state index in [1.165, 1.54) is 4.90 Å². The van der Waals surface area contributed by atoms with Crippen LogP contribution in [0, 0.1) is 23.7 Å². The number of hydrogen-bond acceptors (Lipinski definition) is 5. The molecular weight excluding hydrogens is 356 g/mol. The van der Waals surface area contributed by atoms with Gasteiger partial charge in [0.1, 0.15) is 5.82 Å². The molecule has 2 aliphatic heterocycles. The van der Waals surface area contributed by atoms with E-state index in [2.05, 4.69) is 22.0 Å². The molecule has 4 aliphatic rings. The molecule has 2 bridgehead atoms. The summed E-state index contributed by atoms with van der Waals surface area (Å²) < 4.78 is 0. The minimum Gasteiger partial charge on any atom is -0.353 e. The molecule has 0 aromatic carbocycles. The van der Waals surface area contributed by atoms with Crippen LogP contribution in [-0.4, -0.2) is 65.2 Å². The van der Waals surface area contributed by atoms with Gasteiger partial charge in [0.05, 0.1) is 11.8 Å². The van der Waals surface area contributed by atoms with Crippen molar-refractivity contribution in [1.82, 2.24) is 14.8 Å². The summed E-state index contributed by atoms with van der Waals surface area (Å²) in [5.74, 6) is 0.869. The second-order valence-corrected chi connectivity index (χ2v) is 8.13. The van der Waals surface area contributed by atoms with E-state index in [0.717, 1.165) is 25.3 Å². The second kappa shape index (κ2) is 6.72. The minimum absolute atomic E-state index is 0.0134. The summed E-state index contributed by atoms with van der Waals surface area (Å²) in [7, 11) is 0. The van der Waals surface area contributed by atoms with Gasteiger partial charge in [-0.05, 0) is 30.4 Å². The average Bonchev–Trinajstić information content (AvgIpc) is 3.41. The lowest BCUT2D eigenvalue weighted by Gasteiger charge is -2.35. The van der Waals surface area contributed by atoms with Gasteiger partial charge in [-0.2, -0.15) is 0 Å². The topological polar surface area (TPSA) is 73.8 Å². The maximum Gasteiger partial charge on any atom is 0.233 e. The number of piperazine rings is 1. The minimum atomic E-state index is -0.181. The van der Waals surface area contributed by atoms with E-state index < -0.39 is 0 Å². The highest BCUT2D eigenvalue weighted by atomic mass is 16.2. The van der Waals surface area contributed by atoms with Gasteiger partial charge in [-0.15, -0.1) is 0 Å². The highest BCUT2D eigenvalue weighted by Gasteiger charge is 2.59. The van der Waals surface area contributed by atoms with E-state index in [9.17, 15) is 14.4 Å². The third-order valence-electron chi connectivity index (χ3n) is 6.72. The quantitative estimate of drug-likeness (QED) is 0.574. The molecule has 3 fully saturated rings. The van der Waals surface area contributed by atoms with Crippen molar-refractivity contribution >= 4 is 23.5 Å². The van der Waals surface area contributed by atoms with Gasteiger partial charge in [0.2, 0.25) is 17.7 Å². The summed E-state index contributed by atoms with van der Waals surface area (Å²) in [4.78, 5) is 47.8. The van der Waals surface area contributed by atoms with Crippen LogP contribution in [0.15, 0.2) is 36.5 Å². The third-order valence-corrected chi connectivity index (χ3v) is 6.72. The normalized spacial score (nSPS) is 31.1. The van der Waals surface area contributed by atoms with E-state index in [0.29, 0.717) is 13.1 Å². The monoisotopic (exact) mass is 380 g/mol. The number of fused-ring (bicyclic) bond motifs is 5. The molecule has 1 aromatic heterocycles. The molecular formula is C21H24N4O3. The van der Waals surface area contributed by atoms with Gasteiger partial charge in [0.15, 0.2) is 0 Å². The van der Waals surface area contributed by atoms with Crippen molar-refractivity contribution in [3.8, 4) is 0 Å². The van der Waals surface area contributed by atoms with Gasteiger partial charge in [-0.25, -0.2) is 4.98 Å². The van der Waals surface area contributed by atoms with Gasteiger partial charge in [-0.1, -0.05) is 18.2 Å². The Morgan fingerprint density at radius 3 is 2.29 bits per heavy atom. The Hall–Kier alpha value is -2.70. The number of rotatable bonds is 4. The Balaban J connectivity index is 1.15. The van der Waals surface area contributed by atoms with Crippen molar-refractivity contribution in [1.29, 1.82) is 0 Å². The lowest BCUT2D eigenvalue weighted by molar-refractivity contribution is -0.141. The fraction of sp³-hybridized carbons (Fsp3) is 0.524. The Bertz CT molecular complexity index is 801. The number of imide groups is 1. The summed E-state index contributed by atoms with van der Waals surface area (Å²) in [5.41, 5.74) is 0. The van der Waals surface area contributed by atoms with Crippen LogP contribution >= 0.6 is 0 Å². The molecule has 0 spiro atoms. The lowest BCUT2D eigenvalue weighted by Crippen LogP contribution is -2.49. The Morgan fingerprint density at radius 2 is 1.68 bits per heavy atom. The van der Waals surface area contributed by atoms with Gasteiger partial charge in [0.25, 0.3) is 0 Å². The van der Waals surface area contributed by atoms with Crippen LogP contribution in [-0.2, 0) is 14.4 Å². The Morgan fingerprint density at radius 1 is 1.00 bits per heavy atom. The van der Waals surface area contributed by atoms with Crippen molar-refractivity contribution in [2.24, 2.45) is 23.7 Å². The van der Waals surface area contributed by atoms with Crippen molar-refractivity contribution in [2.75, 3.05) is 37.6 Å². The van der Waals surface area contributed by atoms with E-state index in [1.54, 1.807) is 6.20 Å². The predicted molar refractivity (Wildman–Crippen MR) is 102 cm³/mol. The highest BCUT2D eigenvalue weighted by molar-refractivity contribution is 6.06. The zero-order chi connectivity index (χ0) is 19.3. The SMILES string of the molecule is O=C(CCN1C(=O)[C@H]2[C@H](C1=O)[C@H]1C=C[C@H]2C1)N1CCN(c2ccccn2)CC1. The molecule has 4 atom stereocenters. The van der Waals surface area contributed by atoms with Crippen LogP contribution < -0.4 is 4.90 Å². The van der Waals surface area contributed by atoms with E-state index in [1.807, 2.05) is 23.1 Å². The van der Waals surface area contributed by atoms with E-state index in [-0.39, 0.29) is 54.4 Å². The van der Waals surface area contributed by atoms with Crippen LogP contribution in [0.4, 0.5) is 5.82 Å². The van der Waals surface area contributed by atoms with Gasteiger partial charge in [0, 0.05) is 45.3 Å². The first-order valence-electron chi connectivity index (χ1n) is 10.1. The number of hydrogen-bond donors (Lipinski definition) is 0. The van der Waals surface area contributed by atoms with Crippen LogP contribution in [0.1, 0.15) is 12.8 Å². The van der Waals surface area contributed by atoms with Gasteiger partial charge < -0.3 is 9.80 Å². The largest absolute Gasteiger partial charge is 0.353 e. The molecule has 28 heavy (non-hydrogen) atoms. The summed E-state index contributed by atoms with van der Waals surface area (Å²) in [6, 6.07) is 5.82. The number of carbonyl (C=O) groups excluding carboxylic acids is 3. The summed E-state index contributed by atoms with van der Waals surface area (Å²) in [6.07, 6.45) is 7.09. The standard InChI is InChI=1S/C21H24N4O3/c26-17(24-11-9-23(10-12-24)16-3-1-2-7-22-16)6-8-25-20(27)18-14-4-5-15(13-14)19(18)21(25)28/h1-5,7,14-15,18-19H,6,8-13H2/t14-,15-,18+,19+/m0/s1. The smallest absolute Gasteiger partial charge is 0.233 e. The summed E-state index contributed by atoms with van der Waals surface area (Å²) in [6.45, 7) is 2.96. The number of anilines is 1.